The molecule has 1 fully saturated rings. The van der Waals surface area contributed by atoms with Crippen molar-refractivity contribution in [2.45, 2.75) is 32.3 Å². The van der Waals surface area contributed by atoms with Crippen LogP contribution in [0.3, 0.4) is 0 Å². The highest BCUT2D eigenvalue weighted by Crippen LogP contribution is 2.50. The van der Waals surface area contributed by atoms with Crippen molar-refractivity contribution in [2.24, 2.45) is 5.92 Å². The van der Waals surface area contributed by atoms with Crippen molar-refractivity contribution in [3.05, 3.63) is 58.1 Å². The van der Waals surface area contributed by atoms with Gasteiger partial charge in [-0.1, -0.05) is 35.3 Å². The normalized spacial score (nSPS) is 18.5. The molecule has 0 saturated heterocycles. The quantitative estimate of drug-likeness (QED) is 0.640. The molecule has 0 radical (unpaired) electrons. The SMILES string of the molecule is CCOc1ccc(OC(C)C(=O)NNC(=O)C2CC2c2cccc(Cl)c2Cl)cc1. The molecule has 2 amide bonds. The van der Waals surface area contributed by atoms with E-state index in [2.05, 4.69) is 10.9 Å². The number of hydrogen-bond donors (Lipinski definition) is 2. The zero-order valence-corrected chi connectivity index (χ0v) is 17.6. The number of ether oxygens (including phenoxy) is 2. The monoisotopic (exact) mass is 436 g/mol. The number of hydrazine groups is 1. The molecule has 0 spiro atoms. The van der Waals surface area contributed by atoms with Crippen LogP contribution in [0.4, 0.5) is 0 Å². The van der Waals surface area contributed by atoms with Crippen LogP contribution in [0.1, 0.15) is 31.7 Å². The van der Waals surface area contributed by atoms with E-state index >= 15 is 0 Å². The summed E-state index contributed by atoms with van der Waals surface area (Å²) in [6.07, 6.45) is -0.134. The average molecular weight is 437 g/mol. The van der Waals surface area contributed by atoms with Crippen LogP contribution in [0.15, 0.2) is 42.5 Å². The predicted octanol–water partition coefficient (Wildman–Crippen LogP) is 4.11. The molecular formula is C21H22Cl2N2O4. The lowest BCUT2D eigenvalue weighted by molar-refractivity contribution is -0.133. The van der Waals surface area contributed by atoms with Crippen molar-refractivity contribution in [1.29, 1.82) is 0 Å². The molecule has 2 aromatic carbocycles. The molecule has 8 heteroatoms. The van der Waals surface area contributed by atoms with Gasteiger partial charge in [0, 0.05) is 5.92 Å². The van der Waals surface area contributed by atoms with Gasteiger partial charge in [0.05, 0.1) is 16.7 Å². The van der Waals surface area contributed by atoms with Crippen molar-refractivity contribution in [1.82, 2.24) is 10.9 Å². The number of carbonyl (C=O) groups excluding carboxylic acids is 2. The Hall–Kier alpha value is -2.44. The molecule has 0 aliphatic heterocycles. The molecular weight excluding hydrogens is 415 g/mol. The van der Waals surface area contributed by atoms with Crippen LogP contribution < -0.4 is 20.3 Å². The fourth-order valence-corrected chi connectivity index (χ4v) is 3.44. The predicted molar refractivity (Wildman–Crippen MR) is 111 cm³/mol. The molecule has 6 nitrogen and oxygen atoms in total. The van der Waals surface area contributed by atoms with E-state index < -0.39 is 12.0 Å². The number of benzene rings is 2. The van der Waals surface area contributed by atoms with E-state index in [1.807, 2.05) is 13.0 Å². The van der Waals surface area contributed by atoms with Gasteiger partial charge in [0.2, 0.25) is 5.91 Å². The summed E-state index contributed by atoms with van der Waals surface area (Å²) in [5.74, 6) is 0.269. The van der Waals surface area contributed by atoms with Gasteiger partial charge in [0.25, 0.3) is 5.91 Å². The second kappa shape index (κ2) is 9.37. The Kier molecular flexibility index (Phi) is 6.87. The second-order valence-corrected chi connectivity index (χ2v) is 7.52. The standard InChI is InChI=1S/C21H22Cl2N2O4/c1-3-28-13-7-9-14(10-8-13)29-12(2)20(26)24-25-21(27)17-11-16(17)15-5-4-6-18(22)19(15)23/h4-10,12,16-17H,3,11H2,1-2H3,(H,24,26)(H,25,27). The van der Waals surface area contributed by atoms with Gasteiger partial charge in [-0.2, -0.15) is 0 Å². The van der Waals surface area contributed by atoms with Crippen LogP contribution in [-0.2, 0) is 9.59 Å². The van der Waals surface area contributed by atoms with Gasteiger partial charge in [0.15, 0.2) is 6.10 Å². The van der Waals surface area contributed by atoms with Crippen molar-refractivity contribution < 1.29 is 19.1 Å². The van der Waals surface area contributed by atoms with Crippen molar-refractivity contribution in [3.63, 3.8) is 0 Å². The molecule has 0 heterocycles. The molecule has 1 saturated carbocycles. The number of hydrogen-bond acceptors (Lipinski definition) is 4. The molecule has 0 bridgehead atoms. The van der Waals surface area contributed by atoms with Gasteiger partial charge in [-0.15, -0.1) is 0 Å². The Balaban J connectivity index is 1.46. The Morgan fingerprint density at radius 3 is 2.48 bits per heavy atom. The van der Waals surface area contributed by atoms with Gasteiger partial charge in [-0.3, -0.25) is 20.4 Å². The minimum Gasteiger partial charge on any atom is -0.494 e. The lowest BCUT2D eigenvalue weighted by Gasteiger charge is -2.15. The number of nitrogens with one attached hydrogen (secondary N) is 2. The molecule has 3 rings (SSSR count). The molecule has 1 aliphatic rings. The number of amides is 2. The first-order valence-corrected chi connectivity index (χ1v) is 10.1. The van der Waals surface area contributed by atoms with Crippen LogP contribution in [0.2, 0.25) is 10.0 Å². The van der Waals surface area contributed by atoms with Gasteiger partial charge < -0.3 is 9.47 Å². The van der Waals surface area contributed by atoms with Crippen molar-refractivity contribution >= 4 is 35.0 Å². The Bertz CT molecular complexity index is 889. The minimum absolute atomic E-state index is 0.00405. The molecule has 0 aromatic heterocycles. The molecule has 3 atom stereocenters. The van der Waals surface area contributed by atoms with Crippen LogP contribution in [0, 0.1) is 5.92 Å². The maximum atomic E-state index is 12.3. The van der Waals surface area contributed by atoms with Crippen LogP contribution in [0.25, 0.3) is 0 Å². The Morgan fingerprint density at radius 1 is 1.10 bits per heavy atom. The maximum absolute atomic E-state index is 12.3. The van der Waals surface area contributed by atoms with Crippen molar-refractivity contribution in [3.8, 4) is 11.5 Å². The van der Waals surface area contributed by atoms with E-state index in [1.54, 1.807) is 43.3 Å². The summed E-state index contributed by atoms with van der Waals surface area (Å²) >= 11 is 12.2. The summed E-state index contributed by atoms with van der Waals surface area (Å²) < 4.78 is 10.9. The third kappa shape index (κ3) is 5.34. The fraction of sp³-hybridized carbons (Fsp3) is 0.333. The first kappa shape index (κ1) is 21.3. The first-order valence-electron chi connectivity index (χ1n) is 9.33. The van der Waals surface area contributed by atoms with Gasteiger partial charge in [-0.25, -0.2) is 0 Å². The molecule has 3 unspecified atom stereocenters. The second-order valence-electron chi connectivity index (χ2n) is 6.73. The highest BCUT2D eigenvalue weighted by molar-refractivity contribution is 6.42. The van der Waals surface area contributed by atoms with E-state index in [0.717, 1.165) is 11.3 Å². The van der Waals surface area contributed by atoms with E-state index in [1.165, 1.54) is 0 Å². The Morgan fingerprint density at radius 2 is 1.79 bits per heavy atom. The largest absolute Gasteiger partial charge is 0.494 e. The first-order chi connectivity index (χ1) is 13.9. The van der Waals surface area contributed by atoms with Crippen molar-refractivity contribution in [2.75, 3.05) is 6.61 Å². The summed E-state index contributed by atoms with van der Waals surface area (Å²) in [6, 6.07) is 12.3. The van der Waals surface area contributed by atoms with E-state index in [-0.39, 0.29) is 17.7 Å². The number of halogens is 2. The molecule has 2 aromatic rings. The fourth-order valence-electron chi connectivity index (χ4n) is 2.99. The molecule has 29 heavy (non-hydrogen) atoms. The average Bonchev–Trinajstić information content (AvgIpc) is 3.50. The smallest absolute Gasteiger partial charge is 0.279 e. The lowest BCUT2D eigenvalue weighted by atomic mass is 10.1. The summed E-state index contributed by atoms with van der Waals surface area (Å²) in [5, 5.41) is 0.930. The lowest BCUT2D eigenvalue weighted by Crippen LogP contribution is -2.47. The van der Waals surface area contributed by atoms with E-state index in [4.69, 9.17) is 32.7 Å². The third-order valence-electron chi connectivity index (χ3n) is 4.63. The number of carbonyl (C=O) groups is 2. The molecule has 2 N–H and O–H groups in total. The molecule has 1 aliphatic carbocycles. The third-order valence-corrected chi connectivity index (χ3v) is 5.47. The van der Waals surface area contributed by atoms with Crippen LogP contribution >= 0.6 is 23.2 Å². The van der Waals surface area contributed by atoms with Crippen LogP contribution in [0.5, 0.6) is 11.5 Å². The summed E-state index contributed by atoms with van der Waals surface area (Å²) in [6.45, 7) is 4.08. The summed E-state index contributed by atoms with van der Waals surface area (Å²) in [5.41, 5.74) is 5.71. The topological polar surface area (TPSA) is 76.7 Å². The van der Waals surface area contributed by atoms with Gasteiger partial charge in [-0.05, 0) is 62.1 Å². The summed E-state index contributed by atoms with van der Waals surface area (Å²) in [7, 11) is 0. The molecule has 154 valence electrons. The summed E-state index contributed by atoms with van der Waals surface area (Å²) in [4.78, 5) is 24.5. The van der Waals surface area contributed by atoms with Crippen LogP contribution in [-0.4, -0.2) is 24.5 Å². The van der Waals surface area contributed by atoms with E-state index in [0.29, 0.717) is 28.8 Å². The van der Waals surface area contributed by atoms with E-state index in [9.17, 15) is 9.59 Å². The highest BCUT2D eigenvalue weighted by Gasteiger charge is 2.45. The zero-order chi connectivity index (χ0) is 21.0. The van der Waals surface area contributed by atoms with Gasteiger partial charge in [0.1, 0.15) is 11.5 Å². The zero-order valence-electron chi connectivity index (χ0n) is 16.1. The minimum atomic E-state index is -0.786. The van der Waals surface area contributed by atoms with Gasteiger partial charge >= 0.3 is 0 Å². The maximum Gasteiger partial charge on any atom is 0.279 e. The highest BCUT2D eigenvalue weighted by atomic mass is 35.5. The Labute approximate surface area is 179 Å². The number of rotatable bonds is 7.